The van der Waals surface area contributed by atoms with Crippen LogP contribution in [0.1, 0.15) is 50.5 Å². The van der Waals surface area contributed by atoms with Crippen molar-refractivity contribution in [3.05, 3.63) is 53.7 Å². The maximum absolute atomic E-state index is 12.8. The summed E-state index contributed by atoms with van der Waals surface area (Å²) < 4.78 is 5.83. The zero-order chi connectivity index (χ0) is 27.6. The van der Waals surface area contributed by atoms with Crippen LogP contribution in [0.3, 0.4) is 0 Å². The molecular weight excluding hydrogens is 484 g/mol. The fourth-order valence-corrected chi connectivity index (χ4v) is 4.04. The maximum atomic E-state index is 12.8. The van der Waals surface area contributed by atoms with Gasteiger partial charge >= 0.3 is 0 Å². The van der Waals surface area contributed by atoms with Crippen molar-refractivity contribution in [2.75, 3.05) is 23.3 Å². The van der Waals surface area contributed by atoms with Gasteiger partial charge in [-0.05, 0) is 38.5 Å². The molecule has 2 atom stereocenters. The standard InChI is InChI=1S/C27H34N8O3/c1-15-7-8-18(25(37)33-22(28)10-21(36)27(4,5)6)9-19(15)32-24-23-20(30-14-31-24)11-29-26(34-23)35-12-16(2)38-17(3)13-35/h7-11,14,16-17,36H,12-13H2,1-6H3,(H2,28,33,37)(H,30,31,32)/b21-10-. The minimum absolute atomic E-state index is 0.00653. The maximum Gasteiger partial charge on any atom is 0.256 e. The first-order valence-electron chi connectivity index (χ1n) is 12.5. The number of carbonyl (C=O) groups is 1. The Kier molecular flexibility index (Phi) is 7.58. The Balaban J connectivity index is 1.59. The molecule has 0 aliphatic carbocycles. The summed E-state index contributed by atoms with van der Waals surface area (Å²) in [6.45, 7) is 12.8. The van der Waals surface area contributed by atoms with Gasteiger partial charge in [-0.1, -0.05) is 26.8 Å². The smallest absolute Gasteiger partial charge is 0.256 e. The minimum Gasteiger partial charge on any atom is -0.512 e. The number of allylic oxidation sites excluding steroid dienone is 1. The van der Waals surface area contributed by atoms with Gasteiger partial charge in [0, 0.05) is 35.8 Å². The third-order valence-corrected chi connectivity index (χ3v) is 6.12. The molecule has 1 saturated heterocycles. The van der Waals surface area contributed by atoms with E-state index in [2.05, 4.69) is 30.5 Å². The Morgan fingerprint density at radius 2 is 1.89 bits per heavy atom. The number of aliphatic hydroxyl groups excluding tert-OH is 1. The Hall–Kier alpha value is -4.12. The SMILES string of the molecule is Cc1ccc(C(=O)NC(=N)/C=C(\O)C(C)(C)C)cc1Nc1ncnc2cnc(N3CC(C)OC(C)C3)nc12. The predicted molar refractivity (Wildman–Crippen MR) is 147 cm³/mol. The number of ether oxygens (including phenoxy) is 1. The van der Waals surface area contributed by atoms with E-state index < -0.39 is 11.3 Å². The van der Waals surface area contributed by atoms with E-state index in [0.717, 1.165) is 5.56 Å². The van der Waals surface area contributed by atoms with Gasteiger partial charge in [0.1, 0.15) is 29.0 Å². The number of hydrogen-bond donors (Lipinski definition) is 4. The first-order chi connectivity index (χ1) is 17.9. The molecule has 0 bridgehead atoms. The summed E-state index contributed by atoms with van der Waals surface area (Å²) in [4.78, 5) is 32.9. The number of aryl methyl sites for hydroxylation is 1. The zero-order valence-corrected chi connectivity index (χ0v) is 22.5. The largest absolute Gasteiger partial charge is 0.512 e. The quantitative estimate of drug-likeness (QED) is 0.220. The number of nitrogens with zero attached hydrogens (tertiary/aromatic N) is 5. The van der Waals surface area contributed by atoms with E-state index in [1.165, 1.54) is 12.4 Å². The van der Waals surface area contributed by atoms with Gasteiger partial charge in [-0.15, -0.1) is 0 Å². The summed E-state index contributed by atoms with van der Waals surface area (Å²) in [5, 5.41) is 24.0. The normalized spacial score (nSPS) is 18.4. The van der Waals surface area contributed by atoms with Crippen molar-refractivity contribution in [2.45, 2.75) is 53.8 Å². The molecule has 0 saturated carbocycles. The lowest BCUT2D eigenvalue weighted by atomic mass is 9.93. The summed E-state index contributed by atoms with van der Waals surface area (Å²) in [7, 11) is 0. The van der Waals surface area contributed by atoms with Gasteiger partial charge in [-0.3, -0.25) is 10.2 Å². The van der Waals surface area contributed by atoms with Crippen LogP contribution in [0.5, 0.6) is 0 Å². The van der Waals surface area contributed by atoms with Gasteiger partial charge in [-0.25, -0.2) is 19.9 Å². The van der Waals surface area contributed by atoms with Crippen molar-refractivity contribution < 1.29 is 14.6 Å². The number of hydrogen-bond acceptors (Lipinski definition) is 10. The Bertz CT molecular complexity index is 1390. The molecule has 11 nitrogen and oxygen atoms in total. The Morgan fingerprint density at radius 1 is 1.18 bits per heavy atom. The molecular formula is C27H34N8O3. The highest BCUT2D eigenvalue weighted by Gasteiger charge is 2.25. The molecule has 0 spiro atoms. The van der Waals surface area contributed by atoms with E-state index in [9.17, 15) is 9.90 Å². The highest BCUT2D eigenvalue weighted by molar-refractivity contribution is 6.09. The first kappa shape index (κ1) is 26.9. The van der Waals surface area contributed by atoms with Gasteiger partial charge in [-0.2, -0.15) is 0 Å². The van der Waals surface area contributed by atoms with Crippen LogP contribution in [0.15, 0.2) is 42.6 Å². The molecule has 1 aromatic carbocycles. The zero-order valence-electron chi connectivity index (χ0n) is 22.5. The molecule has 38 heavy (non-hydrogen) atoms. The fourth-order valence-electron chi connectivity index (χ4n) is 4.04. The van der Waals surface area contributed by atoms with Gasteiger partial charge < -0.3 is 25.4 Å². The molecule has 1 amide bonds. The molecule has 1 fully saturated rings. The van der Waals surface area contributed by atoms with E-state index in [1.807, 2.05) is 47.6 Å². The van der Waals surface area contributed by atoms with Crippen LogP contribution in [0, 0.1) is 17.7 Å². The fraction of sp³-hybridized carbons (Fsp3) is 0.407. The van der Waals surface area contributed by atoms with E-state index in [0.29, 0.717) is 47.1 Å². The molecule has 3 heterocycles. The molecule has 0 radical (unpaired) electrons. The third kappa shape index (κ3) is 6.23. The Morgan fingerprint density at radius 3 is 2.58 bits per heavy atom. The van der Waals surface area contributed by atoms with Gasteiger partial charge in [0.25, 0.3) is 5.91 Å². The number of rotatable bonds is 5. The monoisotopic (exact) mass is 518 g/mol. The minimum atomic E-state index is -0.528. The first-order valence-corrected chi connectivity index (χ1v) is 12.5. The summed E-state index contributed by atoms with van der Waals surface area (Å²) in [6.07, 6.45) is 4.49. The van der Waals surface area contributed by atoms with Gasteiger partial charge in [0.15, 0.2) is 5.82 Å². The van der Waals surface area contributed by atoms with Gasteiger partial charge in [0.2, 0.25) is 5.95 Å². The number of anilines is 3. The molecule has 1 aliphatic rings. The molecule has 2 aromatic heterocycles. The van der Waals surface area contributed by atoms with Crippen LogP contribution < -0.4 is 15.5 Å². The van der Waals surface area contributed by atoms with E-state index >= 15 is 0 Å². The van der Waals surface area contributed by atoms with E-state index in [4.69, 9.17) is 15.1 Å². The second kappa shape index (κ2) is 10.7. The number of benzene rings is 1. The second-order valence-corrected chi connectivity index (χ2v) is 10.6. The molecule has 4 N–H and O–H groups in total. The van der Waals surface area contributed by atoms with Crippen LogP contribution >= 0.6 is 0 Å². The highest BCUT2D eigenvalue weighted by atomic mass is 16.5. The lowest BCUT2D eigenvalue weighted by molar-refractivity contribution is -0.00570. The van der Waals surface area contributed by atoms with Gasteiger partial charge in [0.05, 0.1) is 18.4 Å². The average Bonchev–Trinajstić information content (AvgIpc) is 2.84. The topological polar surface area (TPSA) is 149 Å². The molecule has 200 valence electrons. The highest BCUT2D eigenvalue weighted by Crippen LogP contribution is 2.27. The molecule has 2 unspecified atom stereocenters. The summed E-state index contributed by atoms with van der Waals surface area (Å²) in [6, 6.07) is 5.17. The number of morpholine rings is 1. The molecule has 4 rings (SSSR count). The van der Waals surface area contributed by atoms with Crippen LogP contribution in [-0.2, 0) is 4.74 Å². The number of nitrogens with one attached hydrogen (secondary N) is 3. The molecule has 3 aromatic rings. The molecule has 11 heteroatoms. The Labute approximate surface area is 221 Å². The summed E-state index contributed by atoms with van der Waals surface area (Å²) in [5.74, 6) is 0.401. The van der Waals surface area contributed by atoms with Crippen LogP contribution in [0.4, 0.5) is 17.5 Å². The van der Waals surface area contributed by atoms with Crippen molar-refractivity contribution in [1.29, 1.82) is 5.41 Å². The van der Waals surface area contributed by atoms with E-state index in [-0.39, 0.29) is 23.8 Å². The lowest BCUT2D eigenvalue weighted by Gasteiger charge is -2.35. The van der Waals surface area contributed by atoms with Crippen molar-refractivity contribution in [2.24, 2.45) is 5.41 Å². The number of aromatic nitrogens is 4. The van der Waals surface area contributed by atoms with Crippen LogP contribution in [-0.4, -0.2) is 62.1 Å². The molecule has 1 aliphatic heterocycles. The second-order valence-electron chi connectivity index (χ2n) is 10.6. The third-order valence-electron chi connectivity index (χ3n) is 6.12. The number of fused-ring (bicyclic) bond motifs is 1. The van der Waals surface area contributed by atoms with Crippen molar-refractivity contribution in [1.82, 2.24) is 25.3 Å². The van der Waals surface area contributed by atoms with Crippen molar-refractivity contribution in [3.8, 4) is 0 Å². The number of amidine groups is 1. The van der Waals surface area contributed by atoms with Crippen molar-refractivity contribution >= 4 is 40.2 Å². The van der Waals surface area contributed by atoms with Crippen LogP contribution in [0.2, 0.25) is 0 Å². The average molecular weight is 519 g/mol. The van der Waals surface area contributed by atoms with Crippen LogP contribution in [0.25, 0.3) is 11.0 Å². The van der Waals surface area contributed by atoms with Crippen molar-refractivity contribution in [3.63, 3.8) is 0 Å². The lowest BCUT2D eigenvalue weighted by Crippen LogP contribution is -2.46. The number of aliphatic hydroxyl groups is 1. The predicted octanol–water partition coefficient (Wildman–Crippen LogP) is 4.28. The summed E-state index contributed by atoms with van der Waals surface area (Å²) in [5.41, 5.74) is 2.51. The number of amides is 1. The van der Waals surface area contributed by atoms with E-state index in [1.54, 1.807) is 18.3 Å². The number of carbonyl (C=O) groups excluding carboxylic acids is 1. The summed E-state index contributed by atoms with van der Waals surface area (Å²) >= 11 is 0.